The number of piperazine rings is 1. The molecule has 2 heterocycles. The van der Waals surface area contributed by atoms with Crippen LogP contribution in [-0.2, 0) is 0 Å². The van der Waals surface area contributed by atoms with Crippen LogP contribution in [0.4, 0.5) is 11.8 Å². The van der Waals surface area contributed by atoms with Crippen LogP contribution in [0.5, 0.6) is 0 Å². The van der Waals surface area contributed by atoms with Gasteiger partial charge in [0.2, 0.25) is 5.95 Å². The van der Waals surface area contributed by atoms with Crippen molar-refractivity contribution in [2.45, 2.75) is 0 Å². The average Bonchev–Trinajstić information content (AvgIpc) is 2.22. The topological polar surface area (TPSA) is 70.3 Å². The Balaban J connectivity index is 1.92. The van der Waals surface area contributed by atoms with E-state index in [0.717, 1.165) is 26.2 Å². The number of rotatable bonds is 2. The monoisotopic (exact) mass is 208 g/mol. The molecule has 1 aliphatic rings. The average molecular weight is 208 g/mol. The van der Waals surface area contributed by atoms with Crippen molar-refractivity contribution in [1.29, 1.82) is 0 Å². The van der Waals surface area contributed by atoms with Crippen molar-refractivity contribution in [2.75, 3.05) is 44.4 Å². The highest BCUT2D eigenvalue weighted by Crippen LogP contribution is 2.04. The van der Waals surface area contributed by atoms with Crippen molar-refractivity contribution in [3.8, 4) is 0 Å². The molecule has 1 fully saturated rings. The fourth-order valence-electron chi connectivity index (χ4n) is 1.49. The van der Waals surface area contributed by atoms with Gasteiger partial charge in [0.05, 0.1) is 0 Å². The standard InChI is InChI=1S/C9H16N6/c1-14-4-6-15(7-5-14)13-9-11-3-2-8(10)12-9/h2-3H,4-7H2,1H3,(H3,10,11,12,13). The second kappa shape index (κ2) is 4.41. The van der Waals surface area contributed by atoms with E-state index in [4.69, 9.17) is 5.73 Å². The van der Waals surface area contributed by atoms with Crippen molar-refractivity contribution in [2.24, 2.45) is 0 Å². The number of hydrogen-bond acceptors (Lipinski definition) is 6. The van der Waals surface area contributed by atoms with Gasteiger partial charge in [0.15, 0.2) is 0 Å². The highest BCUT2D eigenvalue weighted by molar-refractivity contribution is 5.34. The highest BCUT2D eigenvalue weighted by atomic mass is 15.6. The Hall–Kier alpha value is -1.40. The quantitative estimate of drug-likeness (QED) is 0.691. The minimum absolute atomic E-state index is 0.488. The molecule has 0 spiro atoms. The molecule has 6 nitrogen and oxygen atoms in total. The van der Waals surface area contributed by atoms with Gasteiger partial charge in [0.25, 0.3) is 0 Å². The molecule has 1 aromatic heterocycles. The number of hydrazine groups is 1. The first-order valence-corrected chi connectivity index (χ1v) is 5.03. The lowest BCUT2D eigenvalue weighted by Gasteiger charge is -2.32. The summed E-state index contributed by atoms with van der Waals surface area (Å²) in [5.74, 6) is 1.06. The minimum Gasteiger partial charge on any atom is -0.384 e. The summed E-state index contributed by atoms with van der Waals surface area (Å²) in [7, 11) is 2.12. The molecule has 82 valence electrons. The lowest BCUT2D eigenvalue weighted by Crippen LogP contribution is -2.47. The summed E-state index contributed by atoms with van der Waals surface area (Å²) in [4.78, 5) is 10.5. The van der Waals surface area contributed by atoms with E-state index in [1.54, 1.807) is 12.3 Å². The van der Waals surface area contributed by atoms with Crippen LogP contribution in [0, 0.1) is 0 Å². The summed E-state index contributed by atoms with van der Waals surface area (Å²) in [6.45, 7) is 4.04. The first-order chi connectivity index (χ1) is 7.24. The van der Waals surface area contributed by atoms with Gasteiger partial charge in [-0.1, -0.05) is 0 Å². The van der Waals surface area contributed by atoms with E-state index >= 15 is 0 Å². The van der Waals surface area contributed by atoms with Gasteiger partial charge < -0.3 is 10.6 Å². The van der Waals surface area contributed by atoms with Gasteiger partial charge in [-0.05, 0) is 13.1 Å². The molecule has 0 bridgehead atoms. The third-order valence-corrected chi connectivity index (χ3v) is 2.44. The van der Waals surface area contributed by atoms with Gasteiger partial charge in [-0.2, -0.15) is 4.98 Å². The molecule has 0 aromatic carbocycles. The Labute approximate surface area is 89.1 Å². The third kappa shape index (κ3) is 2.77. The fourth-order valence-corrected chi connectivity index (χ4v) is 1.49. The third-order valence-electron chi connectivity index (χ3n) is 2.44. The molecule has 0 amide bonds. The van der Waals surface area contributed by atoms with Crippen LogP contribution < -0.4 is 11.2 Å². The summed E-state index contributed by atoms with van der Waals surface area (Å²) in [5.41, 5.74) is 8.71. The molecule has 0 atom stereocenters. The number of nitrogens with zero attached hydrogens (tertiary/aromatic N) is 4. The number of anilines is 2. The van der Waals surface area contributed by atoms with Gasteiger partial charge in [0.1, 0.15) is 5.82 Å². The van der Waals surface area contributed by atoms with Crippen LogP contribution in [0.2, 0.25) is 0 Å². The van der Waals surface area contributed by atoms with Crippen molar-refractivity contribution >= 4 is 11.8 Å². The zero-order valence-corrected chi connectivity index (χ0v) is 8.85. The molecule has 1 saturated heterocycles. The summed E-state index contributed by atoms with van der Waals surface area (Å²) >= 11 is 0. The molecule has 15 heavy (non-hydrogen) atoms. The zero-order valence-electron chi connectivity index (χ0n) is 8.85. The van der Waals surface area contributed by atoms with E-state index in [1.165, 1.54) is 0 Å². The van der Waals surface area contributed by atoms with Gasteiger partial charge in [0, 0.05) is 32.4 Å². The van der Waals surface area contributed by atoms with Crippen molar-refractivity contribution in [3.63, 3.8) is 0 Å². The largest absolute Gasteiger partial charge is 0.384 e. The molecule has 0 saturated carbocycles. The van der Waals surface area contributed by atoms with Crippen LogP contribution in [0.15, 0.2) is 12.3 Å². The number of aromatic nitrogens is 2. The Bertz CT molecular complexity index is 320. The van der Waals surface area contributed by atoms with Gasteiger partial charge in [-0.15, -0.1) is 0 Å². The second-order valence-electron chi connectivity index (χ2n) is 3.71. The molecule has 0 unspecified atom stereocenters. The summed E-state index contributed by atoms with van der Waals surface area (Å²) in [6, 6.07) is 1.68. The number of nitrogens with one attached hydrogen (secondary N) is 1. The normalized spacial score (nSPS) is 19.0. The van der Waals surface area contributed by atoms with Crippen LogP contribution in [0.3, 0.4) is 0 Å². The highest BCUT2D eigenvalue weighted by Gasteiger charge is 2.13. The molecular formula is C9H16N6. The Morgan fingerprint density at radius 1 is 1.33 bits per heavy atom. The number of likely N-dealkylation sites (N-methyl/N-ethyl adjacent to an activating group) is 1. The predicted molar refractivity (Wildman–Crippen MR) is 59.1 cm³/mol. The molecule has 1 aromatic rings. The minimum atomic E-state index is 0.488. The van der Waals surface area contributed by atoms with E-state index in [1.807, 2.05) is 0 Å². The van der Waals surface area contributed by atoms with Crippen molar-refractivity contribution < 1.29 is 0 Å². The maximum Gasteiger partial charge on any atom is 0.239 e. The predicted octanol–water partition coefficient (Wildman–Crippen LogP) is -0.367. The Morgan fingerprint density at radius 3 is 2.73 bits per heavy atom. The SMILES string of the molecule is CN1CCN(Nc2nccc(N)n2)CC1. The number of nitrogens with two attached hydrogens (primary N) is 1. The second-order valence-corrected chi connectivity index (χ2v) is 3.71. The zero-order chi connectivity index (χ0) is 10.7. The number of nitrogen functional groups attached to an aromatic ring is 1. The number of hydrogen-bond donors (Lipinski definition) is 2. The summed E-state index contributed by atoms with van der Waals surface area (Å²) in [6.07, 6.45) is 1.65. The molecular weight excluding hydrogens is 192 g/mol. The van der Waals surface area contributed by atoms with Gasteiger partial charge >= 0.3 is 0 Å². The van der Waals surface area contributed by atoms with Gasteiger partial charge in [-0.3, -0.25) is 5.43 Å². The maximum atomic E-state index is 5.57. The molecule has 1 aliphatic heterocycles. The molecule has 0 aliphatic carbocycles. The molecule has 6 heteroatoms. The van der Waals surface area contributed by atoms with Crippen LogP contribution in [0.25, 0.3) is 0 Å². The molecule has 0 radical (unpaired) electrons. The molecule has 3 N–H and O–H groups in total. The van der Waals surface area contributed by atoms with E-state index in [2.05, 4.69) is 32.4 Å². The van der Waals surface area contributed by atoms with Crippen molar-refractivity contribution in [1.82, 2.24) is 19.9 Å². The Morgan fingerprint density at radius 2 is 2.07 bits per heavy atom. The molecule has 2 rings (SSSR count). The maximum absolute atomic E-state index is 5.57. The van der Waals surface area contributed by atoms with Crippen LogP contribution in [-0.4, -0.2) is 53.1 Å². The summed E-state index contributed by atoms with van der Waals surface area (Å²) in [5, 5.41) is 2.11. The van der Waals surface area contributed by atoms with Crippen molar-refractivity contribution in [3.05, 3.63) is 12.3 Å². The van der Waals surface area contributed by atoms with Crippen LogP contribution >= 0.6 is 0 Å². The first kappa shape index (κ1) is 10.1. The van der Waals surface area contributed by atoms with Crippen LogP contribution in [0.1, 0.15) is 0 Å². The smallest absolute Gasteiger partial charge is 0.239 e. The van der Waals surface area contributed by atoms with E-state index in [9.17, 15) is 0 Å². The van der Waals surface area contributed by atoms with Gasteiger partial charge in [-0.25, -0.2) is 9.99 Å². The fraction of sp³-hybridized carbons (Fsp3) is 0.556. The van der Waals surface area contributed by atoms with E-state index in [-0.39, 0.29) is 0 Å². The Kier molecular flexibility index (Phi) is 2.98. The lowest BCUT2D eigenvalue weighted by molar-refractivity contribution is 0.178. The first-order valence-electron chi connectivity index (χ1n) is 5.03. The lowest BCUT2D eigenvalue weighted by atomic mass is 10.4. The summed E-state index contributed by atoms with van der Waals surface area (Å²) < 4.78 is 0. The van der Waals surface area contributed by atoms with E-state index < -0.39 is 0 Å². The van der Waals surface area contributed by atoms with E-state index in [0.29, 0.717) is 11.8 Å².